The molecule has 2 rings (SSSR count). The molecule has 1 aromatic heterocycles. The van der Waals surface area contributed by atoms with Crippen molar-refractivity contribution in [1.29, 1.82) is 0 Å². The molecule has 1 aliphatic rings. The van der Waals surface area contributed by atoms with Gasteiger partial charge < -0.3 is 10.1 Å². The van der Waals surface area contributed by atoms with E-state index in [-0.39, 0.29) is 11.6 Å². The Kier molecular flexibility index (Phi) is 4.95. The van der Waals surface area contributed by atoms with Gasteiger partial charge in [0, 0.05) is 12.2 Å². The SMILES string of the molecule is CCCNC(c1cc(Cl)sc1Cl)C1(C)CCCO1. The molecule has 1 N–H and O–H groups in total. The molecule has 2 heterocycles. The highest BCUT2D eigenvalue weighted by molar-refractivity contribution is 7.20. The lowest BCUT2D eigenvalue weighted by atomic mass is 9.89. The predicted molar refractivity (Wildman–Crippen MR) is 79.0 cm³/mol. The quantitative estimate of drug-likeness (QED) is 0.854. The average Bonchev–Trinajstić information content (AvgIpc) is 2.87. The first kappa shape index (κ1) is 14.6. The van der Waals surface area contributed by atoms with E-state index in [2.05, 4.69) is 19.2 Å². The largest absolute Gasteiger partial charge is 0.373 e. The summed E-state index contributed by atoms with van der Waals surface area (Å²) >= 11 is 13.8. The van der Waals surface area contributed by atoms with Gasteiger partial charge in [-0.1, -0.05) is 30.1 Å². The van der Waals surface area contributed by atoms with Gasteiger partial charge in [-0.3, -0.25) is 0 Å². The van der Waals surface area contributed by atoms with Crippen LogP contribution < -0.4 is 5.32 Å². The number of nitrogens with one attached hydrogen (secondary N) is 1. The standard InChI is InChI=1S/C13H19Cl2NOS/c1-3-6-16-11(13(2)5-4-7-17-13)9-8-10(14)18-12(9)15/h8,11,16H,3-7H2,1-2H3. The third-order valence-electron chi connectivity index (χ3n) is 3.45. The smallest absolute Gasteiger partial charge is 0.0993 e. The van der Waals surface area contributed by atoms with E-state index in [0.29, 0.717) is 0 Å². The van der Waals surface area contributed by atoms with E-state index in [1.807, 2.05) is 6.07 Å². The molecule has 5 heteroatoms. The Morgan fingerprint density at radius 3 is 2.83 bits per heavy atom. The van der Waals surface area contributed by atoms with Gasteiger partial charge in [0.1, 0.15) is 0 Å². The maximum absolute atomic E-state index is 6.30. The molecule has 18 heavy (non-hydrogen) atoms. The Labute approximate surface area is 123 Å². The van der Waals surface area contributed by atoms with Crippen LogP contribution in [-0.2, 0) is 4.74 Å². The molecule has 2 unspecified atom stereocenters. The van der Waals surface area contributed by atoms with E-state index < -0.39 is 0 Å². The monoisotopic (exact) mass is 307 g/mol. The van der Waals surface area contributed by atoms with Crippen molar-refractivity contribution in [2.24, 2.45) is 0 Å². The van der Waals surface area contributed by atoms with E-state index >= 15 is 0 Å². The Balaban J connectivity index is 2.27. The summed E-state index contributed by atoms with van der Waals surface area (Å²) in [5.41, 5.74) is 0.896. The van der Waals surface area contributed by atoms with Gasteiger partial charge in [0.15, 0.2) is 0 Å². The van der Waals surface area contributed by atoms with Gasteiger partial charge in [0.2, 0.25) is 0 Å². The number of hydrogen-bond donors (Lipinski definition) is 1. The van der Waals surface area contributed by atoms with Crippen LogP contribution in [0.1, 0.15) is 44.7 Å². The molecule has 0 aromatic carbocycles. The van der Waals surface area contributed by atoms with Crippen LogP contribution in [0, 0.1) is 0 Å². The van der Waals surface area contributed by atoms with Crippen LogP contribution in [-0.4, -0.2) is 18.8 Å². The Morgan fingerprint density at radius 2 is 2.33 bits per heavy atom. The normalized spacial score (nSPS) is 25.6. The highest BCUT2D eigenvalue weighted by atomic mass is 35.5. The first-order valence-electron chi connectivity index (χ1n) is 6.39. The molecular weight excluding hydrogens is 289 g/mol. The van der Waals surface area contributed by atoms with Crippen molar-refractivity contribution < 1.29 is 4.74 Å². The van der Waals surface area contributed by atoms with E-state index in [4.69, 9.17) is 27.9 Å². The summed E-state index contributed by atoms with van der Waals surface area (Å²) in [4.78, 5) is 0. The molecule has 0 radical (unpaired) electrons. The lowest BCUT2D eigenvalue weighted by Gasteiger charge is -2.34. The summed E-state index contributed by atoms with van der Waals surface area (Å²) in [5, 5.41) is 3.56. The van der Waals surface area contributed by atoms with Crippen molar-refractivity contribution >= 4 is 34.5 Å². The summed E-state index contributed by atoms with van der Waals surface area (Å²) in [7, 11) is 0. The van der Waals surface area contributed by atoms with Crippen molar-refractivity contribution in [1.82, 2.24) is 5.32 Å². The fourth-order valence-electron chi connectivity index (χ4n) is 2.52. The first-order valence-corrected chi connectivity index (χ1v) is 7.96. The summed E-state index contributed by atoms with van der Waals surface area (Å²) in [6.45, 7) is 6.10. The molecule has 0 amide bonds. The Morgan fingerprint density at radius 1 is 1.56 bits per heavy atom. The molecule has 1 aliphatic heterocycles. The number of rotatable bonds is 5. The van der Waals surface area contributed by atoms with Crippen molar-refractivity contribution in [2.75, 3.05) is 13.2 Å². The molecule has 102 valence electrons. The molecule has 2 atom stereocenters. The van der Waals surface area contributed by atoms with Gasteiger partial charge in [-0.05, 0) is 38.8 Å². The minimum absolute atomic E-state index is 0.121. The maximum Gasteiger partial charge on any atom is 0.0993 e. The van der Waals surface area contributed by atoms with E-state index in [9.17, 15) is 0 Å². The van der Waals surface area contributed by atoms with Crippen LogP contribution in [0.2, 0.25) is 8.67 Å². The van der Waals surface area contributed by atoms with E-state index in [0.717, 1.165) is 46.7 Å². The molecule has 0 saturated carbocycles. The molecular formula is C13H19Cl2NOS. The molecule has 0 spiro atoms. The van der Waals surface area contributed by atoms with Gasteiger partial charge in [-0.25, -0.2) is 0 Å². The van der Waals surface area contributed by atoms with Crippen molar-refractivity contribution in [2.45, 2.75) is 44.8 Å². The van der Waals surface area contributed by atoms with Crippen LogP contribution in [0.15, 0.2) is 6.07 Å². The van der Waals surface area contributed by atoms with Gasteiger partial charge >= 0.3 is 0 Å². The summed E-state index contributed by atoms with van der Waals surface area (Å²) in [5.74, 6) is 0. The number of thiophene rings is 1. The maximum atomic E-state index is 6.30. The fourth-order valence-corrected chi connectivity index (χ4v) is 4.05. The third kappa shape index (κ3) is 3.02. The van der Waals surface area contributed by atoms with Gasteiger partial charge in [0.25, 0.3) is 0 Å². The zero-order chi connectivity index (χ0) is 13.2. The lowest BCUT2D eigenvalue weighted by molar-refractivity contribution is -0.0123. The van der Waals surface area contributed by atoms with Gasteiger partial charge in [-0.15, -0.1) is 11.3 Å². The van der Waals surface area contributed by atoms with Crippen molar-refractivity contribution in [3.8, 4) is 0 Å². The third-order valence-corrected chi connectivity index (χ3v) is 4.97. The molecule has 1 aromatic rings. The molecule has 1 saturated heterocycles. The predicted octanol–water partition coefficient (Wildman–Crippen LogP) is 4.66. The van der Waals surface area contributed by atoms with E-state index in [1.54, 1.807) is 0 Å². The van der Waals surface area contributed by atoms with Crippen LogP contribution in [0.5, 0.6) is 0 Å². The minimum atomic E-state index is -0.177. The van der Waals surface area contributed by atoms with E-state index in [1.165, 1.54) is 11.3 Å². The van der Waals surface area contributed by atoms with Crippen LogP contribution >= 0.6 is 34.5 Å². The van der Waals surface area contributed by atoms with Crippen molar-refractivity contribution in [3.05, 3.63) is 20.3 Å². The number of hydrogen-bond acceptors (Lipinski definition) is 3. The highest BCUT2D eigenvalue weighted by Gasteiger charge is 2.40. The average molecular weight is 308 g/mol. The van der Waals surface area contributed by atoms with Gasteiger partial charge in [-0.2, -0.15) is 0 Å². The number of ether oxygens (including phenoxy) is 1. The number of halogens is 2. The van der Waals surface area contributed by atoms with Crippen molar-refractivity contribution in [3.63, 3.8) is 0 Å². The lowest BCUT2D eigenvalue weighted by Crippen LogP contribution is -2.41. The molecule has 0 aliphatic carbocycles. The summed E-state index contributed by atoms with van der Waals surface area (Å²) in [6, 6.07) is 2.09. The second kappa shape index (κ2) is 6.10. The summed E-state index contributed by atoms with van der Waals surface area (Å²) in [6.07, 6.45) is 3.25. The fraction of sp³-hybridized carbons (Fsp3) is 0.692. The Hall–Kier alpha value is 0.200. The Bertz CT molecular complexity index is 402. The first-order chi connectivity index (χ1) is 8.57. The minimum Gasteiger partial charge on any atom is -0.373 e. The second-order valence-corrected chi connectivity index (χ2v) is 7.22. The van der Waals surface area contributed by atoms with Gasteiger partial charge in [0.05, 0.1) is 20.3 Å². The van der Waals surface area contributed by atoms with Crippen LogP contribution in [0.25, 0.3) is 0 Å². The highest BCUT2D eigenvalue weighted by Crippen LogP contribution is 2.43. The molecule has 0 bridgehead atoms. The summed E-state index contributed by atoms with van der Waals surface area (Å²) < 4.78 is 7.46. The molecule has 2 nitrogen and oxygen atoms in total. The second-order valence-electron chi connectivity index (χ2n) is 4.93. The molecule has 1 fully saturated rings. The zero-order valence-corrected chi connectivity index (χ0v) is 13.1. The zero-order valence-electron chi connectivity index (χ0n) is 10.8. The van der Waals surface area contributed by atoms with Crippen LogP contribution in [0.3, 0.4) is 0 Å². The van der Waals surface area contributed by atoms with Crippen LogP contribution in [0.4, 0.5) is 0 Å². The topological polar surface area (TPSA) is 21.3 Å².